The van der Waals surface area contributed by atoms with E-state index in [2.05, 4.69) is 0 Å². The molecule has 1 nitrogen and oxygen atoms in total. The number of phenolic OH excluding ortho intramolecular Hbond substituents is 1. The van der Waals surface area contributed by atoms with E-state index >= 15 is 0 Å². The maximum atomic E-state index is 13.1. The summed E-state index contributed by atoms with van der Waals surface area (Å²) >= 11 is 1.87. The lowest BCUT2D eigenvalue weighted by Gasteiger charge is -2.13. The van der Waals surface area contributed by atoms with Gasteiger partial charge in [-0.15, -0.1) is 0 Å². The number of benzene rings is 1. The lowest BCUT2D eigenvalue weighted by atomic mass is 10.3. The Balaban J connectivity index is 2.27. The van der Waals surface area contributed by atoms with Gasteiger partial charge in [-0.3, -0.25) is 0 Å². The number of thioether (sulfide) groups is 1. The first-order valence-electron chi connectivity index (χ1n) is 4.62. The normalized spacial score (nSPS) is 18.0. The molecule has 0 spiro atoms. The minimum atomic E-state index is -0.867. The highest BCUT2D eigenvalue weighted by atomic mass is 32.2. The van der Waals surface area contributed by atoms with E-state index in [1.165, 1.54) is 12.1 Å². The van der Waals surface area contributed by atoms with Crippen LogP contribution in [0.4, 0.5) is 8.78 Å². The number of hydrogen-bond donors (Lipinski definition) is 1. The predicted octanol–water partition coefficient (Wildman–Crippen LogP) is 2.39. The Bertz CT molecular complexity index is 341. The van der Waals surface area contributed by atoms with Crippen LogP contribution < -0.4 is 0 Å². The summed E-state index contributed by atoms with van der Waals surface area (Å²) in [6.45, 7) is 0. The molecular formula is C10H11F2OS2+. The summed E-state index contributed by atoms with van der Waals surface area (Å²) < 4.78 is 26.2. The van der Waals surface area contributed by atoms with Crippen molar-refractivity contribution >= 4 is 22.7 Å². The second-order valence-corrected chi connectivity index (χ2v) is 6.75. The molecule has 1 aliphatic rings. The first-order valence-corrected chi connectivity index (χ1v) is 7.33. The van der Waals surface area contributed by atoms with Crippen molar-refractivity contribution in [1.29, 1.82) is 0 Å². The molecule has 0 unspecified atom stereocenters. The summed E-state index contributed by atoms with van der Waals surface area (Å²) in [6, 6.07) is 2.52. The zero-order valence-corrected chi connectivity index (χ0v) is 9.64. The molecule has 0 amide bonds. The number of phenols is 1. The van der Waals surface area contributed by atoms with Crippen molar-refractivity contribution in [2.24, 2.45) is 0 Å². The third-order valence-electron chi connectivity index (χ3n) is 2.27. The van der Waals surface area contributed by atoms with E-state index in [4.69, 9.17) is 5.11 Å². The lowest BCUT2D eigenvalue weighted by Crippen LogP contribution is -2.21. The van der Waals surface area contributed by atoms with Gasteiger partial charge in [0.25, 0.3) is 0 Å². The van der Waals surface area contributed by atoms with Gasteiger partial charge in [-0.05, 0) is 0 Å². The first-order chi connectivity index (χ1) is 7.18. The minimum absolute atomic E-state index is 0.0488. The van der Waals surface area contributed by atoms with Crippen LogP contribution in [0, 0.1) is 11.6 Å². The zero-order chi connectivity index (χ0) is 10.8. The van der Waals surface area contributed by atoms with Crippen molar-refractivity contribution in [3.05, 3.63) is 23.8 Å². The van der Waals surface area contributed by atoms with Crippen molar-refractivity contribution in [3.63, 3.8) is 0 Å². The minimum Gasteiger partial charge on any atom is -0.503 e. The smallest absolute Gasteiger partial charge is 0.188 e. The summed E-state index contributed by atoms with van der Waals surface area (Å²) in [5.74, 6) is 1.49. The molecule has 1 saturated heterocycles. The maximum absolute atomic E-state index is 13.1. The van der Waals surface area contributed by atoms with Crippen LogP contribution in [0.1, 0.15) is 0 Å². The molecule has 1 heterocycles. The quantitative estimate of drug-likeness (QED) is 0.771. The maximum Gasteiger partial charge on any atom is 0.188 e. The molecule has 0 aliphatic carbocycles. The molecule has 0 atom stereocenters. The third-order valence-corrected chi connectivity index (χ3v) is 6.07. The molecule has 1 N–H and O–H groups in total. The average molecular weight is 249 g/mol. The largest absolute Gasteiger partial charge is 0.503 e. The molecule has 1 fully saturated rings. The van der Waals surface area contributed by atoms with Crippen molar-refractivity contribution in [2.75, 3.05) is 23.0 Å². The highest BCUT2D eigenvalue weighted by molar-refractivity contribution is 8.05. The van der Waals surface area contributed by atoms with Crippen LogP contribution in [-0.2, 0) is 10.9 Å². The SMILES string of the molecule is Oc1c(F)cc([S+]2CCSCC2)cc1F. The van der Waals surface area contributed by atoms with E-state index in [0.29, 0.717) is 4.90 Å². The Morgan fingerprint density at radius 2 is 1.67 bits per heavy atom. The summed E-state index contributed by atoms with van der Waals surface area (Å²) in [5.41, 5.74) is 0. The van der Waals surface area contributed by atoms with Gasteiger partial charge in [0.05, 0.1) is 0 Å². The second kappa shape index (κ2) is 4.61. The molecular weight excluding hydrogens is 238 g/mol. The molecule has 0 saturated carbocycles. The van der Waals surface area contributed by atoms with Gasteiger partial charge in [0.2, 0.25) is 0 Å². The number of rotatable bonds is 1. The monoisotopic (exact) mass is 249 g/mol. The summed E-state index contributed by atoms with van der Waals surface area (Å²) in [5, 5.41) is 8.98. The molecule has 82 valence electrons. The fraction of sp³-hybridized carbons (Fsp3) is 0.400. The molecule has 0 aromatic heterocycles. The van der Waals surface area contributed by atoms with Crippen LogP contribution in [0.5, 0.6) is 5.75 Å². The summed E-state index contributed by atoms with van der Waals surface area (Å²) in [6.07, 6.45) is 0. The molecule has 5 heteroatoms. The molecule has 15 heavy (non-hydrogen) atoms. The van der Waals surface area contributed by atoms with E-state index in [0.717, 1.165) is 23.0 Å². The summed E-state index contributed by atoms with van der Waals surface area (Å²) in [7, 11) is -0.0488. The van der Waals surface area contributed by atoms with Gasteiger partial charge >= 0.3 is 0 Å². The highest BCUT2D eigenvalue weighted by Crippen LogP contribution is 2.27. The van der Waals surface area contributed by atoms with Crippen molar-refractivity contribution in [1.82, 2.24) is 0 Å². The van der Waals surface area contributed by atoms with Gasteiger partial charge in [-0.1, -0.05) is 0 Å². The Hall–Kier alpha value is -0.420. The standard InChI is InChI=1S/C10H10F2OS2/c11-8-5-7(6-9(12)10(8)13)15-3-1-14-2-4-15/h5-6H,1-4H2/p+1. The first kappa shape index (κ1) is 11.1. The van der Waals surface area contributed by atoms with Crippen LogP contribution in [-0.4, -0.2) is 28.1 Å². The molecule has 0 bridgehead atoms. The van der Waals surface area contributed by atoms with E-state index in [-0.39, 0.29) is 10.9 Å². The van der Waals surface area contributed by atoms with Crippen molar-refractivity contribution in [2.45, 2.75) is 4.90 Å². The Labute approximate surface area is 94.2 Å². The lowest BCUT2D eigenvalue weighted by molar-refractivity contribution is 0.394. The molecule has 1 aromatic rings. The topological polar surface area (TPSA) is 20.2 Å². The number of halogens is 2. The number of aromatic hydroxyl groups is 1. The third kappa shape index (κ3) is 2.39. The van der Waals surface area contributed by atoms with Gasteiger partial charge in [0.15, 0.2) is 22.3 Å². The fourth-order valence-electron chi connectivity index (χ4n) is 1.47. The van der Waals surface area contributed by atoms with Crippen LogP contribution in [0.2, 0.25) is 0 Å². The van der Waals surface area contributed by atoms with Crippen LogP contribution in [0.3, 0.4) is 0 Å². The van der Waals surface area contributed by atoms with Crippen LogP contribution in [0.25, 0.3) is 0 Å². The Kier molecular flexibility index (Phi) is 3.41. The van der Waals surface area contributed by atoms with E-state index < -0.39 is 17.4 Å². The van der Waals surface area contributed by atoms with Crippen LogP contribution in [0.15, 0.2) is 17.0 Å². The predicted molar refractivity (Wildman–Crippen MR) is 60.7 cm³/mol. The average Bonchev–Trinajstić information content (AvgIpc) is 2.26. The highest BCUT2D eigenvalue weighted by Gasteiger charge is 2.27. The molecule has 1 aromatic carbocycles. The fourth-order valence-corrected chi connectivity index (χ4v) is 5.44. The van der Waals surface area contributed by atoms with Gasteiger partial charge < -0.3 is 5.11 Å². The van der Waals surface area contributed by atoms with Gasteiger partial charge in [0.1, 0.15) is 11.5 Å². The zero-order valence-electron chi connectivity index (χ0n) is 8.00. The van der Waals surface area contributed by atoms with Crippen molar-refractivity contribution < 1.29 is 13.9 Å². The molecule has 2 rings (SSSR count). The second-order valence-electron chi connectivity index (χ2n) is 3.25. The molecule has 0 radical (unpaired) electrons. The van der Waals surface area contributed by atoms with Gasteiger partial charge in [-0.2, -0.15) is 11.8 Å². The Morgan fingerprint density at radius 3 is 2.20 bits per heavy atom. The van der Waals surface area contributed by atoms with E-state index in [9.17, 15) is 8.78 Å². The molecule has 1 aliphatic heterocycles. The van der Waals surface area contributed by atoms with Gasteiger partial charge in [0, 0.05) is 34.5 Å². The van der Waals surface area contributed by atoms with E-state index in [1.807, 2.05) is 11.8 Å². The summed E-state index contributed by atoms with van der Waals surface area (Å²) in [4.78, 5) is 0.697. The van der Waals surface area contributed by atoms with Crippen molar-refractivity contribution in [3.8, 4) is 5.75 Å². The van der Waals surface area contributed by atoms with E-state index in [1.54, 1.807) is 0 Å². The van der Waals surface area contributed by atoms with Crippen LogP contribution >= 0.6 is 11.8 Å². The van der Waals surface area contributed by atoms with Gasteiger partial charge in [-0.25, -0.2) is 8.78 Å². The Morgan fingerprint density at radius 1 is 1.13 bits per heavy atom. The number of hydrogen-bond acceptors (Lipinski definition) is 2.